The second kappa shape index (κ2) is 8.61. The molecule has 6 rings (SSSR count). The third-order valence-electron chi connectivity index (χ3n) is 7.01. The molecule has 1 aromatic carbocycles. The number of rotatable bonds is 5. The fraction of sp³-hybridized carbons (Fsp3) is 0.500. The number of aliphatic hydroxyl groups excluding tert-OH is 1. The first-order chi connectivity index (χ1) is 16.6. The highest BCUT2D eigenvalue weighted by Crippen LogP contribution is 2.29. The van der Waals surface area contributed by atoms with E-state index in [1.54, 1.807) is 0 Å². The lowest BCUT2D eigenvalue weighted by Gasteiger charge is -2.28. The van der Waals surface area contributed by atoms with Gasteiger partial charge in [0.05, 0.1) is 30.8 Å². The molecule has 0 aliphatic carbocycles. The number of anilines is 1. The standard InChI is InChI=1S/C24H30N8O2/c1-16-25-18-5-3-4-6-19(18)32(16)24-27-22-21(23(28-24)31-9-11-34-12-10-31)26-20(29(22)2)14-30-8-7-17(13-30)15-33/h3-6,17,33H,7-15H2,1-2H3. The maximum absolute atomic E-state index is 9.53. The number of para-hydroxylation sites is 2. The number of nitrogens with zero attached hydrogens (tertiary/aromatic N) is 8. The van der Waals surface area contributed by atoms with Crippen molar-refractivity contribution in [1.29, 1.82) is 0 Å². The SMILES string of the molecule is Cc1nc2ccccc2n1-c1nc(N2CCOCC2)c2nc(CN3CCC(CO)C3)n(C)c2n1. The van der Waals surface area contributed by atoms with Gasteiger partial charge in [-0.25, -0.2) is 9.97 Å². The van der Waals surface area contributed by atoms with Crippen LogP contribution in [0.2, 0.25) is 0 Å². The van der Waals surface area contributed by atoms with Gasteiger partial charge in [0, 0.05) is 33.3 Å². The Hall–Kier alpha value is -3.08. The van der Waals surface area contributed by atoms with Crippen LogP contribution in [-0.4, -0.2) is 85.1 Å². The van der Waals surface area contributed by atoms with E-state index in [4.69, 9.17) is 24.7 Å². The number of hydrogen-bond donors (Lipinski definition) is 1. The van der Waals surface area contributed by atoms with Gasteiger partial charge in [0.2, 0.25) is 5.95 Å². The Morgan fingerprint density at radius 3 is 2.68 bits per heavy atom. The number of fused-ring (bicyclic) bond motifs is 2. The van der Waals surface area contributed by atoms with E-state index in [1.807, 2.05) is 36.7 Å². The van der Waals surface area contributed by atoms with Gasteiger partial charge < -0.3 is 19.3 Å². The summed E-state index contributed by atoms with van der Waals surface area (Å²) in [5, 5.41) is 9.53. The largest absolute Gasteiger partial charge is 0.396 e. The molecule has 1 unspecified atom stereocenters. The van der Waals surface area contributed by atoms with Crippen molar-refractivity contribution in [2.45, 2.75) is 19.9 Å². The van der Waals surface area contributed by atoms with Crippen molar-refractivity contribution in [2.24, 2.45) is 13.0 Å². The molecule has 1 atom stereocenters. The Labute approximate surface area is 197 Å². The Kier molecular flexibility index (Phi) is 5.43. The second-order valence-electron chi connectivity index (χ2n) is 9.26. The number of aliphatic hydroxyl groups is 1. The molecule has 4 aromatic rings. The lowest BCUT2D eigenvalue weighted by atomic mass is 10.1. The fourth-order valence-electron chi connectivity index (χ4n) is 5.12. The molecule has 0 radical (unpaired) electrons. The van der Waals surface area contributed by atoms with Gasteiger partial charge in [0.1, 0.15) is 11.6 Å². The summed E-state index contributed by atoms with van der Waals surface area (Å²) in [6.45, 7) is 7.71. The minimum atomic E-state index is 0.243. The van der Waals surface area contributed by atoms with Crippen molar-refractivity contribution >= 4 is 28.0 Å². The van der Waals surface area contributed by atoms with Crippen LogP contribution in [0.5, 0.6) is 0 Å². The van der Waals surface area contributed by atoms with E-state index in [-0.39, 0.29) is 6.61 Å². The molecule has 0 bridgehead atoms. The highest BCUT2D eigenvalue weighted by Gasteiger charge is 2.26. The fourth-order valence-corrected chi connectivity index (χ4v) is 5.12. The molecule has 5 heterocycles. The predicted molar refractivity (Wildman–Crippen MR) is 129 cm³/mol. The van der Waals surface area contributed by atoms with Crippen molar-refractivity contribution in [3.8, 4) is 5.95 Å². The first-order valence-corrected chi connectivity index (χ1v) is 12.0. The van der Waals surface area contributed by atoms with Gasteiger partial charge in [0.15, 0.2) is 17.0 Å². The third kappa shape index (κ3) is 3.62. The van der Waals surface area contributed by atoms with E-state index in [9.17, 15) is 5.11 Å². The Morgan fingerprint density at radius 2 is 1.88 bits per heavy atom. The molecule has 2 aliphatic rings. The average Bonchev–Trinajstić information content (AvgIpc) is 3.54. The number of likely N-dealkylation sites (tertiary alicyclic amines) is 1. The van der Waals surface area contributed by atoms with Gasteiger partial charge in [0.25, 0.3) is 0 Å². The zero-order chi connectivity index (χ0) is 23.2. The molecule has 2 aliphatic heterocycles. The number of imidazole rings is 2. The third-order valence-corrected chi connectivity index (χ3v) is 7.01. The van der Waals surface area contributed by atoms with Crippen molar-refractivity contribution < 1.29 is 9.84 Å². The van der Waals surface area contributed by atoms with E-state index in [2.05, 4.69) is 20.4 Å². The predicted octanol–water partition coefficient (Wildman–Crippen LogP) is 1.66. The summed E-state index contributed by atoms with van der Waals surface area (Å²) in [4.78, 5) is 24.4. The highest BCUT2D eigenvalue weighted by atomic mass is 16.5. The zero-order valence-corrected chi connectivity index (χ0v) is 19.7. The van der Waals surface area contributed by atoms with Crippen molar-refractivity contribution in [1.82, 2.24) is 34.0 Å². The molecule has 2 fully saturated rings. The van der Waals surface area contributed by atoms with E-state index in [1.165, 1.54) is 0 Å². The second-order valence-corrected chi connectivity index (χ2v) is 9.26. The maximum atomic E-state index is 9.53. The zero-order valence-electron chi connectivity index (χ0n) is 19.7. The van der Waals surface area contributed by atoms with Crippen molar-refractivity contribution in [2.75, 3.05) is 50.9 Å². The maximum Gasteiger partial charge on any atom is 0.239 e. The molecule has 0 spiro atoms. The summed E-state index contributed by atoms with van der Waals surface area (Å²) in [5.74, 6) is 3.61. The van der Waals surface area contributed by atoms with Crippen molar-refractivity contribution in [3.63, 3.8) is 0 Å². The Bertz CT molecular complexity index is 1340. The quantitative estimate of drug-likeness (QED) is 0.478. The highest BCUT2D eigenvalue weighted by molar-refractivity contribution is 5.86. The number of aromatic nitrogens is 6. The molecular formula is C24H30N8O2. The molecule has 3 aromatic heterocycles. The summed E-state index contributed by atoms with van der Waals surface area (Å²) >= 11 is 0. The monoisotopic (exact) mass is 462 g/mol. The lowest BCUT2D eigenvalue weighted by Crippen LogP contribution is -2.37. The average molecular weight is 463 g/mol. The topological polar surface area (TPSA) is 97.4 Å². The van der Waals surface area contributed by atoms with Crippen LogP contribution in [0, 0.1) is 12.8 Å². The molecular weight excluding hydrogens is 432 g/mol. The Balaban J connectivity index is 1.49. The van der Waals surface area contributed by atoms with Gasteiger partial charge in [-0.15, -0.1) is 0 Å². The van der Waals surface area contributed by atoms with E-state index >= 15 is 0 Å². The number of morpholine rings is 1. The minimum Gasteiger partial charge on any atom is -0.396 e. The summed E-state index contributed by atoms with van der Waals surface area (Å²) in [7, 11) is 2.03. The van der Waals surface area contributed by atoms with Crippen LogP contribution in [0.25, 0.3) is 28.1 Å². The van der Waals surface area contributed by atoms with Gasteiger partial charge >= 0.3 is 0 Å². The minimum absolute atomic E-state index is 0.243. The van der Waals surface area contributed by atoms with Crippen LogP contribution < -0.4 is 4.90 Å². The normalized spacial score (nSPS) is 19.6. The van der Waals surface area contributed by atoms with E-state index in [0.29, 0.717) is 25.1 Å². The molecule has 0 saturated carbocycles. The molecule has 34 heavy (non-hydrogen) atoms. The summed E-state index contributed by atoms with van der Waals surface area (Å²) in [6.07, 6.45) is 1.02. The van der Waals surface area contributed by atoms with E-state index < -0.39 is 0 Å². The molecule has 0 amide bonds. The molecule has 1 N–H and O–H groups in total. The lowest BCUT2D eigenvalue weighted by molar-refractivity contribution is 0.122. The number of hydrogen-bond acceptors (Lipinski definition) is 8. The van der Waals surface area contributed by atoms with Gasteiger partial charge in [-0.3, -0.25) is 9.47 Å². The smallest absolute Gasteiger partial charge is 0.239 e. The van der Waals surface area contributed by atoms with Crippen LogP contribution in [0.4, 0.5) is 5.82 Å². The summed E-state index contributed by atoms with van der Waals surface area (Å²) < 4.78 is 9.71. The number of ether oxygens (including phenoxy) is 1. The summed E-state index contributed by atoms with van der Waals surface area (Å²) in [6, 6.07) is 8.07. The van der Waals surface area contributed by atoms with Gasteiger partial charge in [-0.05, 0) is 37.9 Å². The summed E-state index contributed by atoms with van der Waals surface area (Å²) in [5.41, 5.74) is 3.55. The molecule has 2 saturated heterocycles. The van der Waals surface area contributed by atoms with Gasteiger partial charge in [-0.2, -0.15) is 9.97 Å². The molecule has 10 nitrogen and oxygen atoms in total. The first-order valence-electron chi connectivity index (χ1n) is 12.0. The van der Waals surface area contributed by atoms with E-state index in [0.717, 1.165) is 78.8 Å². The molecule has 178 valence electrons. The van der Waals surface area contributed by atoms with Crippen molar-refractivity contribution in [3.05, 3.63) is 35.9 Å². The van der Waals surface area contributed by atoms with Gasteiger partial charge in [-0.1, -0.05) is 12.1 Å². The van der Waals surface area contributed by atoms with Crippen LogP contribution in [-0.2, 0) is 18.3 Å². The number of benzene rings is 1. The Morgan fingerprint density at radius 1 is 1.06 bits per heavy atom. The van der Waals surface area contributed by atoms with Crippen LogP contribution >= 0.6 is 0 Å². The van der Waals surface area contributed by atoms with Crippen LogP contribution in [0.15, 0.2) is 24.3 Å². The number of aryl methyl sites for hydroxylation is 2. The first kappa shape index (κ1) is 21.5. The molecule has 10 heteroatoms. The van der Waals surface area contributed by atoms with Crippen LogP contribution in [0.1, 0.15) is 18.1 Å². The van der Waals surface area contributed by atoms with Crippen LogP contribution in [0.3, 0.4) is 0 Å².